The molecule has 0 rings (SSSR count). The summed E-state index contributed by atoms with van der Waals surface area (Å²) in [6, 6.07) is 0. The Morgan fingerprint density at radius 3 is 2.00 bits per heavy atom. The van der Waals surface area contributed by atoms with E-state index in [0.717, 1.165) is 19.3 Å². The largest absolute Gasteiger partial charge is 0.481 e. The van der Waals surface area contributed by atoms with E-state index in [-0.39, 0.29) is 5.92 Å². The Bertz CT molecular complexity index is 186. The Labute approximate surface area is 83.9 Å². The molecule has 4 nitrogen and oxygen atoms in total. The molecular weight excluding hydrogens is 184 g/mol. The van der Waals surface area contributed by atoms with Gasteiger partial charge in [0.1, 0.15) is 0 Å². The van der Waals surface area contributed by atoms with E-state index in [0.29, 0.717) is 6.42 Å². The fraction of sp³-hybridized carbons (Fsp3) is 0.800. The lowest BCUT2D eigenvalue weighted by atomic mass is 9.89. The molecule has 0 aromatic carbocycles. The summed E-state index contributed by atoms with van der Waals surface area (Å²) >= 11 is 0. The highest BCUT2D eigenvalue weighted by atomic mass is 16.4. The quantitative estimate of drug-likeness (QED) is 0.489. The first kappa shape index (κ1) is 12.9. The van der Waals surface area contributed by atoms with Crippen LogP contribution in [0, 0.1) is 11.8 Å². The minimum Gasteiger partial charge on any atom is -0.481 e. The molecule has 0 fully saturated rings. The van der Waals surface area contributed by atoms with Gasteiger partial charge in [-0.1, -0.05) is 33.1 Å². The summed E-state index contributed by atoms with van der Waals surface area (Å²) < 4.78 is 0. The number of hydrogen-bond acceptors (Lipinski definition) is 2. The summed E-state index contributed by atoms with van der Waals surface area (Å²) in [5, 5.41) is 17.4. The third kappa shape index (κ3) is 4.25. The highest BCUT2D eigenvalue weighted by molar-refractivity contribution is 5.93. The van der Waals surface area contributed by atoms with Crippen LogP contribution in [0.15, 0.2) is 0 Å². The monoisotopic (exact) mass is 202 g/mol. The van der Waals surface area contributed by atoms with Crippen LogP contribution >= 0.6 is 0 Å². The van der Waals surface area contributed by atoms with Gasteiger partial charge in [0, 0.05) is 0 Å². The zero-order chi connectivity index (χ0) is 11.1. The van der Waals surface area contributed by atoms with Crippen LogP contribution in [0.1, 0.15) is 39.5 Å². The lowest BCUT2D eigenvalue weighted by molar-refractivity contribution is -0.157. The number of rotatable bonds is 7. The van der Waals surface area contributed by atoms with Crippen molar-refractivity contribution in [2.75, 3.05) is 0 Å². The summed E-state index contributed by atoms with van der Waals surface area (Å²) in [6.07, 6.45) is 3.64. The lowest BCUT2D eigenvalue weighted by Crippen LogP contribution is -2.29. The number of hydrogen-bond donors (Lipinski definition) is 2. The fourth-order valence-corrected chi connectivity index (χ4v) is 1.48. The molecule has 4 heteroatoms. The van der Waals surface area contributed by atoms with E-state index < -0.39 is 17.9 Å². The fourth-order valence-electron chi connectivity index (χ4n) is 1.48. The van der Waals surface area contributed by atoms with Gasteiger partial charge in [-0.2, -0.15) is 0 Å². The summed E-state index contributed by atoms with van der Waals surface area (Å²) in [6.45, 7) is 3.74. The molecule has 0 aromatic heterocycles. The predicted molar refractivity (Wildman–Crippen MR) is 52.1 cm³/mol. The number of carboxylic acids is 2. The smallest absolute Gasteiger partial charge is 0.318 e. The Morgan fingerprint density at radius 1 is 1.14 bits per heavy atom. The second kappa shape index (κ2) is 6.40. The zero-order valence-electron chi connectivity index (χ0n) is 8.69. The molecule has 0 aromatic rings. The molecule has 0 amide bonds. The normalized spacial score (nSPS) is 12.8. The number of carbonyl (C=O) groups is 2. The third-order valence-electron chi connectivity index (χ3n) is 2.36. The Morgan fingerprint density at radius 2 is 1.64 bits per heavy atom. The second-order valence-corrected chi connectivity index (χ2v) is 3.63. The van der Waals surface area contributed by atoms with Crippen molar-refractivity contribution in [3.8, 4) is 0 Å². The minimum absolute atomic E-state index is 0.295. The molecule has 82 valence electrons. The molecule has 0 unspecified atom stereocenters. The van der Waals surface area contributed by atoms with Crippen LogP contribution in [0.3, 0.4) is 0 Å². The summed E-state index contributed by atoms with van der Waals surface area (Å²) in [5.74, 6) is -4.02. The molecule has 0 radical (unpaired) electrons. The molecule has 0 aliphatic carbocycles. The van der Waals surface area contributed by atoms with Gasteiger partial charge in [0.25, 0.3) is 0 Å². The van der Waals surface area contributed by atoms with E-state index in [9.17, 15) is 9.59 Å². The van der Waals surface area contributed by atoms with E-state index in [1.165, 1.54) is 0 Å². The first-order valence-electron chi connectivity index (χ1n) is 4.96. The molecule has 1 atom stereocenters. The molecule has 0 bridgehead atoms. The van der Waals surface area contributed by atoms with Gasteiger partial charge < -0.3 is 10.2 Å². The highest BCUT2D eigenvalue weighted by Crippen LogP contribution is 2.19. The van der Waals surface area contributed by atoms with Crippen LogP contribution in [0.25, 0.3) is 0 Å². The van der Waals surface area contributed by atoms with Crippen molar-refractivity contribution < 1.29 is 19.8 Å². The number of carboxylic acid groups (broad SMARTS) is 2. The maximum absolute atomic E-state index is 10.6. The van der Waals surface area contributed by atoms with Crippen LogP contribution < -0.4 is 0 Å². The SMILES string of the molecule is CCCCC[C@@H](C)C(C(=O)O)C(=O)O. The molecule has 0 saturated heterocycles. The lowest BCUT2D eigenvalue weighted by Gasteiger charge is -2.15. The molecule has 14 heavy (non-hydrogen) atoms. The van der Waals surface area contributed by atoms with Crippen LogP contribution in [-0.2, 0) is 9.59 Å². The second-order valence-electron chi connectivity index (χ2n) is 3.63. The van der Waals surface area contributed by atoms with Gasteiger partial charge in [-0.05, 0) is 12.3 Å². The first-order valence-corrected chi connectivity index (χ1v) is 4.96. The zero-order valence-corrected chi connectivity index (χ0v) is 8.69. The van der Waals surface area contributed by atoms with E-state index in [2.05, 4.69) is 6.92 Å². The number of unbranched alkanes of at least 4 members (excludes halogenated alkanes) is 2. The average Bonchev–Trinajstić information content (AvgIpc) is 2.03. The molecule has 0 saturated carbocycles. The topological polar surface area (TPSA) is 74.6 Å². The summed E-state index contributed by atoms with van der Waals surface area (Å²) in [7, 11) is 0. The van der Waals surface area contributed by atoms with Crippen LogP contribution in [0.5, 0.6) is 0 Å². The maximum Gasteiger partial charge on any atom is 0.318 e. The van der Waals surface area contributed by atoms with Crippen molar-refractivity contribution in [1.82, 2.24) is 0 Å². The van der Waals surface area contributed by atoms with E-state index >= 15 is 0 Å². The van der Waals surface area contributed by atoms with E-state index in [1.807, 2.05) is 0 Å². The summed E-state index contributed by atoms with van der Waals surface area (Å²) in [4.78, 5) is 21.3. The average molecular weight is 202 g/mol. The molecule has 2 N–H and O–H groups in total. The number of aliphatic carboxylic acids is 2. The maximum atomic E-state index is 10.6. The van der Waals surface area contributed by atoms with Gasteiger partial charge in [0.2, 0.25) is 0 Å². The molecule has 0 spiro atoms. The van der Waals surface area contributed by atoms with E-state index in [1.54, 1.807) is 6.92 Å². The van der Waals surface area contributed by atoms with Crippen molar-refractivity contribution in [2.24, 2.45) is 11.8 Å². The molecule has 0 heterocycles. The van der Waals surface area contributed by atoms with Gasteiger partial charge in [0.15, 0.2) is 5.92 Å². The standard InChI is InChI=1S/C10H18O4/c1-3-4-5-6-7(2)8(9(11)12)10(13)14/h7-8H,3-6H2,1-2H3,(H,11,12)(H,13,14)/t7-/m1/s1. The van der Waals surface area contributed by atoms with Crippen LogP contribution in [0.4, 0.5) is 0 Å². The van der Waals surface area contributed by atoms with Gasteiger partial charge in [-0.25, -0.2) is 0 Å². The van der Waals surface area contributed by atoms with Crippen LogP contribution in [-0.4, -0.2) is 22.2 Å². The third-order valence-corrected chi connectivity index (χ3v) is 2.36. The molecule has 0 aliphatic rings. The highest BCUT2D eigenvalue weighted by Gasteiger charge is 2.31. The van der Waals surface area contributed by atoms with Gasteiger partial charge in [-0.3, -0.25) is 9.59 Å². The van der Waals surface area contributed by atoms with Crippen LogP contribution in [0.2, 0.25) is 0 Å². The van der Waals surface area contributed by atoms with Crippen molar-refractivity contribution in [3.05, 3.63) is 0 Å². The Hall–Kier alpha value is -1.06. The van der Waals surface area contributed by atoms with Crippen molar-refractivity contribution in [1.29, 1.82) is 0 Å². The van der Waals surface area contributed by atoms with Crippen molar-refractivity contribution >= 4 is 11.9 Å². The summed E-state index contributed by atoms with van der Waals surface area (Å²) in [5.41, 5.74) is 0. The Balaban J connectivity index is 4.09. The predicted octanol–water partition coefficient (Wildman–Crippen LogP) is 1.99. The van der Waals surface area contributed by atoms with Gasteiger partial charge >= 0.3 is 11.9 Å². The van der Waals surface area contributed by atoms with Gasteiger partial charge in [0.05, 0.1) is 0 Å². The molecule has 0 aliphatic heterocycles. The van der Waals surface area contributed by atoms with Gasteiger partial charge in [-0.15, -0.1) is 0 Å². The minimum atomic E-state index is -1.26. The first-order chi connectivity index (χ1) is 6.50. The van der Waals surface area contributed by atoms with Crippen molar-refractivity contribution in [3.63, 3.8) is 0 Å². The van der Waals surface area contributed by atoms with E-state index in [4.69, 9.17) is 10.2 Å². The molecular formula is C10H18O4. The van der Waals surface area contributed by atoms with Crippen molar-refractivity contribution in [2.45, 2.75) is 39.5 Å². The Kier molecular flexibility index (Phi) is 5.92.